The third-order valence-corrected chi connectivity index (χ3v) is 4.39. The number of rotatable bonds is 4. The number of nitrogens with one attached hydrogen (secondary N) is 1. The third-order valence-electron chi connectivity index (χ3n) is 4.03. The number of ether oxygens (including phenoxy) is 1. The Labute approximate surface area is 134 Å². The Morgan fingerprint density at radius 1 is 1.55 bits per heavy atom. The number of H-pyrrole nitrogens is 1. The van der Waals surface area contributed by atoms with Crippen LogP contribution in [0.2, 0.25) is 5.02 Å². The second-order valence-electron chi connectivity index (χ2n) is 5.32. The molecule has 0 radical (unpaired) electrons. The van der Waals surface area contributed by atoms with Gasteiger partial charge in [-0.2, -0.15) is 0 Å². The molecule has 2 heterocycles. The molecule has 6 heteroatoms. The van der Waals surface area contributed by atoms with Crippen molar-refractivity contribution in [1.29, 1.82) is 0 Å². The summed E-state index contributed by atoms with van der Waals surface area (Å²) < 4.78 is 5.32. The Morgan fingerprint density at radius 3 is 3.14 bits per heavy atom. The van der Waals surface area contributed by atoms with Crippen LogP contribution >= 0.6 is 11.6 Å². The molecule has 1 aliphatic rings. The van der Waals surface area contributed by atoms with E-state index in [9.17, 15) is 4.79 Å². The lowest BCUT2D eigenvalue weighted by Crippen LogP contribution is -2.32. The number of benzene rings is 1. The fraction of sp³-hybridized carbons (Fsp3) is 0.375. The van der Waals surface area contributed by atoms with E-state index in [2.05, 4.69) is 9.97 Å². The molecule has 1 aliphatic heterocycles. The van der Waals surface area contributed by atoms with Gasteiger partial charge in [-0.05, 0) is 25.0 Å². The number of carbonyl (C=O) groups excluding carboxylic acids is 1. The van der Waals surface area contributed by atoms with Crippen LogP contribution in [0.4, 0.5) is 0 Å². The number of likely N-dealkylation sites (tertiary alicyclic amines) is 1. The van der Waals surface area contributed by atoms with Crippen LogP contribution in [-0.4, -0.2) is 34.4 Å². The highest BCUT2D eigenvalue weighted by Gasteiger charge is 2.32. The van der Waals surface area contributed by atoms with Gasteiger partial charge in [0.05, 0.1) is 19.6 Å². The van der Waals surface area contributed by atoms with Crippen LogP contribution in [0.5, 0.6) is 5.75 Å². The molecule has 1 amide bonds. The minimum atomic E-state index is 0.0241. The van der Waals surface area contributed by atoms with Gasteiger partial charge in [-0.25, -0.2) is 4.98 Å². The average Bonchev–Trinajstić information content (AvgIpc) is 3.19. The molecule has 3 rings (SSSR count). The predicted molar refractivity (Wildman–Crippen MR) is 84.0 cm³/mol. The van der Waals surface area contributed by atoms with Gasteiger partial charge >= 0.3 is 0 Å². The summed E-state index contributed by atoms with van der Waals surface area (Å²) in [6.07, 6.45) is 5.65. The van der Waals surface area contributed by atoms with Crippen molar-refractivity contribution in [2.75, 3.05) is 13.7 Å². The van der Waals surface area contributed by atoms with Crippen LogP contribution in [-0.2, 0) is 11.2 Å². The molecule has 1 fully saturated rings. The lowest BCUT2D eigenvalue weighted by Gasteiger charge is -2.24. The second kappa shape index (κ2) is 6.40. The molecular formula is C16H18ClN3O2. The highest BCUT2D eigenvalue weighted by atomic mass is 35.5. The van der Waals surface area contributed by atoms with E-state index in [1.165, 1.54) is 0 Å². The predicted octanol–water partition coefficient (Wildman–Crippen LogP) is 2.98. The van der Waals surface area contributed by atoms with Crippen LogP contribution in [0.1, 0.15) is 30.3 Å². The van der Waals surface area contributed by atoms with E-state index < -0.39 is 0 Å². The zero-order valence-electron chi connectivity index (χ0n) is 12.4. The van der Waals surface area contributed by atoms with Crippen molar-refractivity contribution in [1.82, 2.24) is 14.9 Å². The number of aromatic amines is 1. The number of hydrogen-bond donors (Lipinski definition) is 1. The van der Waals surface area contributed by atoms with E-state index in [-0.39, 0.29) is 18.4 Å². The second-order valence-corrected chi connectivity index (χ2v) is 5.72. The maximum atomic E-state index is 12.7. The molecule has 116 valence electrons. The van der Waals surface area contributed by atoms with Crippen molar-refractivity contribution in [2.45, 2.75) is 25.3 Å². The lowest BCUT2D eigenvalue weighted by atomic mass is 10.1. The van der Waals surface area contributed by atoms with Crippen LogP contribution < -0.4 is 4.74 Å². The minimum Gasteiger partial charge on any atom is -0.496 e. The molecule has 0 aliphatic carbocycles. The first-order chi connectivity index (χ1) is 10.7. The summed E-state index contributed by atoms with van der Waals surface area (Å²) in [6.45, 7) is 0.747. The Kier molecular flexibility index (Phi) is 4.34. The molecule has 1 N–H and O–H groups in total. The Balaban J connectivity index is 1.80. The highest BCUT2D eigenvalue weighted by Crippen LogP contribution is 2.32. The summed E-state index contributed by atoms with van der Waals surface area (Å²) in [6, 6.07) is 5.44. The first-order valence-corrected chi connectivity index (χ1v) is 7.68. The zero-order chi connectivity index (χ0) is 15.5. The van der Waals surface area contributed by atoms with E-state index in [4.69, 9.17) is 16.3 Å². The van der Waals surface area contributed by atoms with Gasteiger partial charge in [-0.1, -0.05) is 17.7 Å². The molecule has 1 unspecified atom stereocenters. The van der Waals surface area contributed by atoms with Crippen LogP contribution in [0.3, 0.4) is 0 Å². The summed E-state index contributed by atoms with van der Waals surface area (Å²) in [4.78, 5) is 22.0. The maximum absolute atomic E-state index is 12.7. The summed E-state index contributed by atoms with van der Waals surface area (Å²) >= 11 is 6.23. The van der Waals surface area contributed by atoms with Gasteiger partial charge in [-0.3, -0.25) is 4.79 Å². The number of methoxy groups -OCH3 is 1. The topological polar surface area (TPSA) is 58.2 Å². The molecule has 1 atom stereocenters. The summed E-state index contributed by atoms with van der Waals surface area (Å²) in [7, 11) is 1.58. The molecule has 0 bridgehead atoms. The Hall–Kier alpha value is -2.01. The zero-order valence-corrected chi connectivity index (χ0v) is 13.1. The first kappa shape index (κ1) is 14.9. The number of nitrogens with zero attached hydrogens (tertiary/aromatic N) is 2. The standard InChI is InChI=1S/C16H18ClN3O2/c1-22-14-6-2-4-12(17)11(14)10-15(21)20-9-3-5-13(20)16-18-7-8-19-16/h2,4,6-8,13H,3,5,9-10H2,1H3,(H,18,19). The molecule has 1 aromatic carbocycles. The van der Waals surface area contributed by atoms with Crippen molar-refractivity contribution in [3.63, 3.8) is 0 Å². The summed E-state index contributed by atoms with van der Waals surface area (Å²) in [5.41, 5.74) is 0.738. The number of carbonyl (C=O) groups is 1. The van der Waals surface area contributed by atoms with Gasteiger partial charge in [-0.15, -0.1) is 0 Å². The summed E-state index contributed by atoms with van der Waals surface area (Å²) in [5.74, 6) is 1.54. The lowest BCUT2D eigenvalue weighted by molar-refractivity contribution is -0.131. The van der Waals surface area contributed by atoms with Gasteiger partial charge in [0.2, 0.25) is 5.91 Å². The molecule has 1 aromatic heterocycles. The fourth-order valence-corrected chi connectivity index (χ4v) is 3.20. The molecule has 0 saturated carbocycles. The first-order valence-electron chi connectivity index (χ1n) is 7.31. The summed E-state index contributed by atoms with van der Waals surface area (Å²) in [5, 5.41) is 0.557. The van der Waals surface area contributed by atoms with Gasteiger partial charge < -0.3 is 14.6 Å². The molecule has 2 aromatic rings. The monoisotopic (exact) mass is 319 g/mol. The normalized spacial score (nSPS) is 17.7. The smallest absolute Gasteiger partial charge is 0.227 e. The fourth-order valence-electron chi connectivity index (χ4n) is 2.96. The molecule has 0 spiro atoms. The van der Waals surface area contributed by atoms with E-state index >= 15 is 0 Å². The quantitative estimate of drug-likeness (QED) is 0.942. The number of amides is 1. The molecule has 5 nitrogen and oxygen atoms in total. The van der Waals surface area contributed by atoms with E-state index in [0.29, 0.717) is 10.8 Å². The SMILES string of the molecule is COc1cccc(Cl)c1CC(=O)N1CCCC1c1ncc[nH]1. The van der Waals surface area contributed by atoms with Gasteiger partial charge in [0.25, 0.3) is 0 Å². The molecular weight excluding hydrogens is 302 g/mol. The van der Waals surface area contributed by atoms with E-state index in [1.807, 2.05) is 17.0 Å². The number of imidazole rings is 1. The van der Waals surface area contributed by atoms with Crippen molar-refractivity contribution in [3.05, 3.63) is 47.0 Å². The molecule has 22 heavy (non-hydrogen) atoms. The van der Waals surface area contributed by atoms with E-state index in [1.54, 1.807) is 25.6 Å². The van der Waals surface area contributed by atoms with Crippen LogP contribution in [0, 0.1) is 0 Å². The number of halogens is 1. The van der Waals surface area contributed by atoms with Gasteiger partial charge in [0.1, 0.15) is 11.6 Å². The van der Waals surface area contributed by atoms with Gasteiger partial charge in [0, 0.05) is 29.5 Å². The van der Waals surface area contributed by atoms with Crippen LogP contribution in [0.15, 0.2) is 30.6 Å². The Morgan fingerprint density at radius 2 is 2.41 bits per heavy atom. The number of hydrogen-bond acceptors (Lipinski definition) is 3. The average molecular weight is 320 g/mol. The van der Waals surface area contributed by atoms with Crippen LogP contribution in [0.25, 0.3) is 0 Å². The van der Waals surface area contributed by atoms with E-state index in [0.717, 1.165) is 30.8 Å². The third kappa shape index (κ3) is 2.81. The number of aromatic nitrogens is 2. The van der Waals surface area contributed by atoms with Crippen molar-refractivity contribution in [2.24, 2.45) is 0 Å². The largest absolute Gasteiger partial charge is 0.496 e. The van der Waals surface area contributed by atoms with Gasteiger partial charge in [0.15, 0.2) is 0 Å². The minimum absolute atomic E-state index is 0.0241. The highest BCUT2D eigenvalue weighted by molar-refractivity contribution is 6.31. The van der Waals surface area contributed by atoms with Crippen molar-refractivity contribution < 1.29 is 9.53 Å². The Bertz CT molecular complexity index is 657. The maximum Gasteiger partial charge on any atom is 0.227 e. The van der Waals surface area contributed by atoms with Crippen molar-refractivity contribution in [3.8, 4) is 5.75 Å². The molecule has 1 saturated heterocycles. The van der Waals surface area contributed by atoms with Crippen molar-refractivity contribution >= 4 is 17.5 Å².